The van der Waals surface area contributed by atoms with Gasteiger partial charge in [-0.25, -0.2) is 14.4 Å². The highest BCUT2D eigenvalue weighted by Crippen LogP contribution is 2.28. The number of halogens is 2. The first kappa shape index (κ1) is 17.6. The molecule has 1 aromatic carbocycles. The predicted molar refractivity (Wildman–Crippen MR) is 107 cm³/mol. The highest BCUT2D eigenvalue weighted by atomic mass is 35.5. The maximum atomic E-state index is 13.6. The van der Waals surface area contributed by atoms with Crippen molar-refractivity contribution in [1.82, 2.24) is 29.1 Å². The fourth-order valence-corrected chi connectivity index (χ4v) is 3.61. The molecule has 7 nitrogen and oxygen atoms in total. The van der Waals surface area contributed by atoms with Crippen LogP contribution >= 0.6 is 11.6 Å². The molecule has 5 aromatic rings. The second-order valence-corrected chi connectivity index (χ2v) is 6.77. The molecular weight excluding hydrogens is 395 g/mol. The van der Waals surface area contributed by atoms with E-state index in [-0.39, 0.29) is 11.1 Å². The van der Waals surface area contributed by atoms with Crippen LogP contribution in [0.2, 0.25) is 5.28 Å². The van der Waals surface area contributed by atoms with Crippen LogP contribution in [0, 0.1) is 5.82 Å². The largest absolute Gasteiger partial charge is 0.479 e. The molecule has 0 fully saturated rings. The average molecular weight is 409 g/mol. The predicted octanol–water partition coefficient (Wildman–Crippen LogP) is 4.01. The van der Waals surface area contributed by atoms with Crippen molar-refractivity contribution in [2.45, 2.75) is 6.54 Å². The van der Waals surface area contributed by atoms with Crippen molar-refractivity contribution in [1.29, 1.82) is 0 Å². The zero-order valence-electron chi connectivity index (χ0n) is 15.3. The summed E-state index contributed by atoms with van der Waals surface area (Å²) in [7, 11) is 1.56. The Morgan fingerprint density at radius 1 is 1.14 bits per heavy atom. The van der Waals surface area contributed by atoms with Crippen LogP contribution in [-0.2, 0) is 6.54 Å². The van der Waals surface area contributed by atoms with Gasteiger partial charge in [0.05, 0.1) is 36.6 Å². The summed E-state index contributed by atoms with van der Waals surface area (Å²) in [5.74, 6) is 0.166. The number of benzene rings is 1. The number of rotatable bonds is 4. The number of methoxy groups -OCH3 is 1. The van der Waals surface area contributed by atoms with E-state index in [4.69, 9.17) is 16.3 Å². The van der Waals surface area contributed by atoms with Crippen molar-refractivity contribution in [3.63, 3.8) is 0 Å². The zero-order chi connectivity index (χ0) is 20.0. The van der Waals surface area contributed by atoms with Crippen molar-refractivity contribution >= 4 is 33.8 Å². The van der Waals surface area contributed by atoms with E-state index in [1.807, 2.05) is 29.0 Å². The molecular formula is C20H14ClFN6O. The standard InChI is InChI=1S/C20H14ClFN6O/c1-29-19-17-15(24-11-25-19)5-6-27(17)14-8-16-18(23-9-14)26-20(21)28(16)10-12-3-2-4-13(22)7-12/h2-9,11H,10H2,1H3. The van der Waals surface area contributed by atoms with Crippen LogP contribution in [0.5, 0.6) is 5.88 Å². The summed E-state index contributed by atoms with van der Waals surface area (Å²) in [6.45, 7) is 0.372. The number of aromatic nitrogens is 6. The molecule has 0 aliphatic heterocycles. The minimum Gasteiger partial charge on any atom is -0.479 e. The average Bonchev–Trinajstić information content (AvgIpc) is 3.29. The van der Waals surface area contributed by atoms with Crippen LogP contribution in [0.4, 0.5) is 4.39 Å². The minimum absolute atomic E-state index is 0.284. The smallest absolute Gasteiger partial charge is 0.241 e. The topological polar surface area (TPSA) is 70.7 Å². The second-order valence-electron chi connectivity index (χ2n) is 6.44. The Kier molecular flexibility index (Phi) is 4.13. The molecule has 0 unspecified atom stereocenters. The van der Waals surface area contributed by atoms with E-state index in [0.717, 1.165) is 27.8 Å². The lowest BCUT2D eigenvalue weighted by Crippen LogP contribution is -2.02. The molecule has 0 saturated heterocycles. The molecule has 0 spiro atoms. The molecule has 4 aromatic heterocycles. The van der Waals surface area contributed by atoms with Gasteiger partial charge in [0.15, 0.2) is 5.65 Å². The van der Waals surface area contributed by atoms with Gasteiger partial charge in [0.2, 0.25) is 11.2 Å². The highest BCUT2D eigenvalue weighted by Gasteiger charge is 2.15. The lowest BCUT2D eigenvalue weighted by molar-refractivity contribution is 0.401. The van der Waals surface area contributed by atoms with Gasteiger partial charge >= 0.3 is 0 Å². The van der Waals surface area contributed by atoms with E-state index in [1.54, 1.807) is 23.9 Å². The Balaban J connectivity index is 1.66. The molecule has 4 heterocycles. The first-order chi connectivity index (χ1) is 14.1. The van der Waals surface area contributed by atoms with E-state index >= 15 is 0 Å². The van der Waals surface area contributed by atoms with Crippen LogP contribution in [0.1, 0.15) is 5.56 Å². The molecule has 0 saturated carbocycles. The number of fused-ring (bicyclic) bond motifs is 2. The fourth-order valence-electron chi connectivity index (χ4n) is 3.38. The van der Waals surface area contributed by atoms with Crippen LogP contribution in [0.3, 0.4) is 0 Å². The zero-order valence-corrected chi connectivity index (χ0v) is 16.0. The molecule has 0 amide bonds. The van der Waals surface area contributed by atoms with Crippen molar-refractivity contribution in [2.75, 3.05) is 7.11 Å². The summed E-state index contributed by atoms with van der Waals surface area (Å²) in [5, 5.41) is 0.284. The number of pyridine rings is 1. The molecule has 144 valence electrons. The maximum Gasteiger partial charge on any atom is 0.241 e. The number of imidazole rings is 1. The monoisotopic (exact) mass is 408 g/mol. The number of ether oxygens (including phenoxy) is 1. The molecule has 0 aliphatic carbocycles. The molecule has 0 bridgehead atoms. The van der Waals surface area contributed by atoms with Gasteiger partial charge < -0.3 is 13.9 Å². The van der Waals surface area contributed by atoms with Gasteiger partial charge in [-0.05, 0) is 41.4 Å². The van der Waals surface area contributed by atoms with Crippen LogP contribution in [0.25, 0.3) is 27.9 Å². The summed E-state index contributed by atoms with van der Waals surface area (Å²) >= 11 is 6.35. The molecule has 0 radical (unpaired) electrons. The van der Waals surface area contributed by atoms with Crippen molar-refractivity contribution in [3.05, 3.63) is 71.8 Å². The van der Waals surface area contributed by atoms with Gasteiger partial charge in [0.1, 0.15) is 17.7 Å². The van der Waals surface area contributed by atoms with Crippen LogP contribution in [-0.4, -0.2) is 36.2 Å². The molecule has 29 heavy (non-hydrogen) atoms. The van der Waals surface area contributed by atoms with Crippen LogP contribution in [0.15, 0.2) is 55.1 Å². The molecule has 0 aliphatic rings. The maximum absolute atomic E-state index is 13.6. The Hall–Kier alpha value is -3.52. The van der Waals surface area contributed by atoms with Crippen LogP contribution < -0.4 is 4.74 Å². The van der Waals surface area contributed by atoms with E-state index in [2.05, 4.69) is 19.9 Å². The first-order valence-corrected chi connectivity index (χ1v) is 9.14. The van der Waals surface area contributed by atoms with Crippen molar-refractivity contribution < 1.29 is 9.13 Å². The second kappa shape index (κ2) is 6.82. The minimum atomic E-state index is -0.298. The Bertz CT molecular complexity index is 1360. The summed E-state index contributed by atoms with van der Waals surface area (Å²) < 4.78 is 22.7. The Morgan fingerprint density at radius 3 is 2.86 bits per heavy atom. The van der Waals surface area contributed by atoms with E-state index in [9.17, 15) is 4.39 Å². The van der Waals surface area contributed by atoms with Gasteiger partial charge in [-0.15, -0.1) is 0 Å². The summed E-state index contributed by atoms with van der Waals surface area (Å²) in [6, 6.07) is 10.2. The third-order valence-corrected chi connectivity index (χ3v) is 4.97. The number of hydrogen-bond acceptors (Lipinski definition) is 5. The van der Waals surface area contributed by atoms with Gasteiger partial charge in [-0.3, -0.25) is 0 Å². The molecule has 0 N–H and O–H groups in total. The van der Waals surface area contributed by atoms with E-state index in [0.29, 0.717) is 18.1 Å². The lowest BCUT2D eigenvalue weighted by Gasteiger charge is -2.09. The molecule has 5 rings (SSSR count). The number of nitrogens with zero attached hydrogens (tertiary/aromatic N) is 6. The van der Waals surface area contributed by atoms with Gasteiger partial charge in [-0.1, -0.05) is 12.1 Å². The van der Waals surface area contributed by atoms with Gasteiger partial charge in [0.25, 0.3) is 0 Å². The fraction of sp³-hybridized carbons (Fsp3) is 0.100. The molecule has 9 heteroatoms. The van der Waals surface area contributed by atoms with Crippen molar-refractivity contribution in [3.8, 4) is 11.6 Å². The Labute approximate surface area is 169 Å². The lowest BCUT2D eigenvalue weighted by atomic mass is 10.2. The van der Waals surface area contributed by atoms with Gasteiger partial charge in [0, 0.05) is 6.20 Å². The quantitative estimate of drug-likeness (QED) is 0.449. The summed E-state index contributed by atoms with van der Waals surface area (Å²) in [4.78, 5) is 17.2. The SMILES string of the molecule is COc1ncnc2ccn(-c3cnc4nc(Cl)n(Cc5cccc(F)c5)c4c3)c12. The number of hydrogen-bond donors (Lipinski definition) is 0. The highest BCUT2D eigenvalue weighted by molar-refractivity contribution is 6.29. The normalized spacial score (nSPS) is 11.4. The van der Waals surface area contributed by atoms with E-state index in [1.165, 1.54) is 18.5 Å². The van der Waals surface area contributed by atoms with Crippen molar-refractivity contribution in [2.24, 2.45) is 0 Å². The third-order valence-electron chi connectivity index (χ3n) is 4.69. The van der Waals surface area contributed by atoms with Gasteiger partial charge in [-0.2, -0.15) is 9.97 Å². The Morgan fingerprint density at radius 2 is 2.03 bits per heavy atom. The molecule has 0 atom stereocenters. The summed E-state index contributed by atoms with van der Waals surface area (Å²) in [6.07, 6.45) is 5.03. The van der Waals surface area contributed by atoms with E-state index < -0.39 is 0 Å². The third kappa shape index (κ3) is 2.98. The first-order valence-electron chi connectivity index (χ1n) is 8.76. The summed E-state index contributed by atoms with van der Waals surface area (Å²) in [5.41, 5.74) is 4.28.